The maximum atomic E-state index is 12.9. The second-order valence-electron chi connectivity index (χ2n) is 6.46. The maximum absolute atomic E-state index is 12.9. The van der Waals surface area contributed by atoms with Crippen LogP contribution >= 0.6 is 0 Å². The van der Waals surface area contributed by atoms with E-state index in [9.17, 15) is 9.59 Å². The average molecular weight is 344 g/mol. The van der Waals surface area contributed by atoms with Gasteiger partial charge < -0.3 is 19.1 Å². The van der Waals surface area contributed by atoms with Gasteiger partial charge in [-0.25, -0.2) is 0 Å². The van der Waals surface area contributed by atoms with E-state index in [1.165, 1.54) is 0 Å². The molecule has 7 nitrogen and oxygen atoms in total. The fourth-order valence-corrected chi connectivity index (χ4v) is 3.07. The van der Waals surface area contributed by atoms with Crippen molar-refractivity contribution in [2.75, 3.05) is 46.9 Å². The Labute approximate surface area is 146 Å². The third-order valence-electron chi connectivity index (χ3n) is 4.70. The molecule has 25 heavy (non-hydrogen) atoms. The molecule has 1 fully saturated rings. The summed E-state index contributed by atoms with van der Waals surface area (Å²) in [6, 6.07) is 3.51. The summed E-state index contributed by atoms with van der Waals surface area (Å²) in [5, 5.41) is 0.474. The number of likely N-dealkylation sites (N-methyl/N-ethyl adjacent to an activating group) is 1. The fourth-order valence-electron chi connectivity index (χ4n) is 3.07. The lowest BCUT2D eigenvalue weighted by molar-refractivity contribution is 0.0663. The highest BCUT2D eigenvalue weighted by atomic mass is 16.5. The van der Waals surface area contributed by atoms with Crippen molar-refractivity contribution in [3.05, 3.63) is 39.9 Å². The molecule has 0 unspecified atom stereocenters. The molecular weight excluding hydrogens is 320 g/mol. The number of methoxy groups -OCH3 is 1. The number of carbonyl (C=O) groups is 1. The minimum Gasteiger partial charge on any atom is -0.383 e. The molecule has 0 aliphatic carbocycles. The lowest BCUT2D eigenvalue weighted by Crippen LogP contribution is -2.47. The van der Waals surface area contributed by atoms with Crippen molar-refractivity contribution in [2.24, 2.45) is 0 Å². The van der Waals surface area contributed by atoms with E-state index in [-0.39, 0.29) is 11.5 Å². The molecule has 0 radical (unpaired) electrons. The molecule has 134 valence electrons. The standard InChI is InChI=1S/C18H24N4O3/c1-13-14(17(23)22-8-6-20(2)7-9-22)12-15-16(19-13)4-5-21(18(15)24)10-11-25-3/h4-5,12H,6-11H2,1-3H3. The van der Waals surface area contributed by atoms with E-state index in [0.717, 1.165) is 13.1 Å². The van der Waals surface area contributed by atoms with E-state index in [4.69, 9.17) is 4.74 Å². The monoisotopic (exact) mass is 344 g/mol. The number of hydrogen-bond donors (Lipinski definition) is 0. The van der Waals surface area contributed by atoms with Crippen LogP contribution in [0.1, 0.15) is 16.1 Å². The van der Waals surface area contributed by atoms with Crippen molar-refractivity contribution in [1.29, 1.82) is 0 Å². The van der Waals surface area contributed by atoms with Crippen LogP contribution in [0.5, 0.6) is 0 Å². The first-order valence-electron chi connectivity index (χ1n) is 8.49. The Hall–Kier alpha value is -2.25. The van der Waals surface area contributed by atoms with Crippen LogP contribution in [0.2, 0.25) is 0 Å². The molecule has 0 N–H and O–H groups in total. The van der Waals surface area contributed by atoms with Crippen LogP contribution in [-0.2, 0) is 11.3 Å². The quantitative estimate of drug-likeness (QED) is 0.818. The normalized spacial score (nSPS) is 15.7. The molecule has 3 rings (SSSR count). The van der Waals surface area contributed by atoms with Crippen LogP contribution in [0.25, 0.3) is 10.9 Å². The zero-order chi connectivity index (χ0) is 18.0. The van der Waals surface area contributed by atoms with Gasteiger partial charge >= 0.3 is 0 Å². The molecule has 1 amide bonds. The zero-order valence-electron chi connectivity index (χ0n) is 15.0. The minimum absolute atomic E-state index is 0.0494. The Balaban J connectivity index is 1.98. The van der Waals surface area contributed by atoms with Crippen molar-refractivity contribution >= 4 is 16.8 Å². The highest BCUT2D eigenvalue weighted by Gasteiger charge is 2.23. The molecule has 1 saturated heterocycles. The molecule has 1 aliphatic heterocycles. The third kappa shape index (κ3) is 3.57. The van der Waals surface area contributed by atoms with Gasteiger partial charge in [0, 0.05) is 46.0 Å². The maximum Gasteiger partial charge on any atom is 0.260 e. The number of piperazine rings is 1. The lowest BCUT2D eigenvalue weighted by Gasteiger charge is -2.32. The minimum atomic E-state index is -0.144. The predicted octanol–water partition coefficient (Wildman–Crippen LogP) is 0.739. The Bertz CT molecular complexity index is 838. The van der Waals surface area contributed by atoms with Crippen LogP contribution in [0.3, 0.4) is 0 Å². The number of fused-ring (bicyclic) bond motifs is 1. The van der Waals surface area contributed by atoms with Gasteiger partial charge in [-0.1, -0.05) is 0 Å². The largest absolute Gasteiger partial charge is 0.383 e. The Morgan fingerprint density at radius 3 is 2.68 bits per heavy atom. The van der Waals surface area contributed by atoms with E-state index in [2.05, 4.69) is 9.88 Å². The van der Waals surface area contributed by atoms with Crippen LogP contribution in [0, 0.1) is 6.92 Å². The molecule has 0 atom stereocenters. The van der Waals surface area contributed by atoms with Crippen LogP contribution in [0.4, 0.5) is 0 Å². The van der Waals surface area contributed by atoms with E-state index in [1.54, 1.807) is 23.9 Å². The summed E-state index contributed by atoms with van der Waals surface area (Å²) in [5.74, 6) is -0.0494. The van der Waals surface area contributed by atoms with E-state index < -0.39 is 0 Å². The van der Waals surface area contributed by atoms with Crippen molar-refractivity contribution in [1.82, 2.24) is 19.4 Å². The number of carbonyl (C=O) groups excluding carboxylic acids is 1. The summed E-state index contributed by atoms with van der Waals surface area (Å²) in [6.07, 6.45) is 1.72. The Morgan fingerprint density at radius 1 is 1.28 bits per heavy atom. The smallest absolute Gasteiger partial charge is 0.260 e. The van der Waals surface area contributed by atoms with Crippen LogP contribution in [-0.4, -0.2) is 72.2 Å². The van der Waals surface area contributed by atoms with Crippen molar-refractivity contribution in [2.45, 2.75) is 13.5 Å². The number of hydrogen-bond acceptors (Lipinski definition) is 5. The SMILES string of the molecule is COCCn1ccc2nc(C)c(C(=O)N3CCN(C)CC3)cc2c1=O. The van der Waals surface area contributed by atoms with Gasteiger partial charge in [0.1, 0.15) is 0 Å². The van der Waals surface area contributed by atoms with Crippen LogP contribution in [0.15, 0.2) is 23.1 Å². The number of aromatic nitrogens is 2. The number of ether oxygens (including phenoxy) is 1. The third-order valence-corrected chi connectivity index (χ3v) is 4.70. The molecular formula is C18H24N4O3. The predicted molar refractivity (Wildman–Crippen MR) is 96.0 cm³/mol. The summed E-state index contributed by atoms with van der Waals surface area (Å²) < 4.78 is 6.63. The fraction of sp³-hybridized carbons (Fsp3) is 0.500. The van der Waals surface area contributed by atoms with Gasteiger partial charge in [0.05, 0.1) is 28.8 Å². The van der Waals surface area contributed by atoms with E-state index in [0.29, 0.717) is 48.4 Å². The number of pyridine rings is 2. The summed E-state index contributed by atoms with van der Waals surface area (Å²) in [5.41, 5.74) is 1.64. The lowest BCUT2D eigenvalue weighted by atomic mass is 10.1. The first-order chi connectivity index (χ1) is 12.0. The molecule has 1 aliphatic rings. The summed E-state index contributed by atoms with van der Waals surface area (Å²) >= 11 is 0. The first-order valence-corrected chi connectivity index (χ1v) is 8.49. The van der Waals surface area contributed by atoms with Crippen LogP contribution < -0.4 is 5.56 Å². The Morgan fingerprint density at radius 2 is 2.00 bits per heavy atom. The second kappa shape index (κ2) is 7.33. The number of aryl methyl sites for hydroxylation is 1. The van der Waals surface area contributed by atoms with Gasteiger partial charge in [-0.3, -0.25) is 14.6 Å². The molecule has 2 aromatic heterocycles. The van der Waals surface area contributed by atoms with Gasteiger partial charge in [0.2, 0.25) is 0 Å². The molecule has 2 aromatic rings. The summed E-state index contributed by atoms with van der Waals surface area (Å²) in [7, 11) is 3.65. The van der Waals surface area contributed by atoms with Crippen molar-refractivity contribution in [3.8, 4) is 0 Å². The molecule has 3 heterocycles. The topological polar surface area (TPSA) is 67.7 Å². The number of nitrogens with zero attached hydrogens (tertiary/aromatic N) is 4. The van der Waals surface area contributed by atoms with Gasteiger partial charge in [0.25, 0.3) is 11.5 Å². The Kier molecular flexibility index (Phi) is 5.15. The van der Waals surface area contributed by atoms with Gasteiger partial charge in [-0.15, -0.1) is 0 Å². The van der Waals surface area contributed by atoms with E-state index >= 15 is 0 Å². The van der Waals surface area contributed by atoms with Crippen molar-refractivity contribution in [3.63, 3.8) is 0 Å². The van der Waals surface area contributed by atoms with Crippen molar-refractivity contribution < 1.29 is 9.53 Å². The van der Waals surface area contributed by atoms with E-state index in [1.807, 2.05) is 24.9 Å². The summed E-state index contributed by atoms with van der Waals surface area (Å²) in [6.45, 7) is 5.85. The van der Waals surface area contributed by atoms with Gasteiger partial charge in [0.15, 0.2) is 0 Å². The number of rotatable bonds is 4. The molecule has 0 spiro atoms. The van der Waals surface area contributed by atoms with Gasteiger partial charge in [-0.2, -0.15) is 0 Å². The highest BCUT2D eigenvalue weighted by molar-refractivity contribution is 5.98. The second-order valence-corrected chi connectivity index (χ2v) is 6.46. The first kappa shape index (κ1) is 17.6. The molecule has 7 heteroatoms. The average Bonchev–Trinajstić information content (AvgIpc) is 2.61. The molecule has 0 bridgehead atoms. The molecule has 0 aromatic carbocycles. The van der Waals surface area contributed by atoms with Gasteiger partial charge in [-0.05, 0) is 26.1 Å². The highest BCUT2D eigenvalue weighted by Crippen LogP contribution is 2.16. The number of amides is 1. The zero-order valence-corrected chi connectivity index (χ0v) is 15.0. The summed E-state index contributed by atoms with van der Waals surface area (Å²) in [4.78, 5) is 34.1. The molecule has 0 saturated carbocycles.